The fourth-order valence-electron chi connectivity index (χ4n) is 5.19. The summed E-state index contributed by atoms with van der Waals surface area (Å²) < 4.78 is 47.6. The van der Waals surface area contributed by atoms with E-state index >= 15 is 0 Å². The monoisotopic (exact) mass is 914 g/mol. The van der Waals surface area contributed by atoms with Crippen molar-refractivity contribution in [2.45, 2.75) is 154 Å². The highest BCUT2D eigenvalue weighted by atomic mass is 31.2. The second-order valence-corrected chi connectivity index (χ2v) is 17.1. The van der Waals surface area contributed by atoms with E-state index in [1.807, 2.05) is 12.2 Å². The van der Waals surface area contributed by atoms with Crippen LogP contribution < -0.4 is 0 Å². The molecule has 0 aliphatic heterocycles. The first-order chi connectivity index (χ1) is 29.8. The number of phosphoric acid groups is 2. The third-order valence-electron chi connectivity index (χ3n) is 8.56. The zero-order valence-corrected chi connectivity index (χ0v) is 38.8. The van der Waals surface area contributed by atoms with Gasteiger partial charge < -0.3 is 34.4 Å². The summed E-state index contributed by atoms with van der Waals surface area (Å²) in [6.07, 6.45) is 44.4. The molecular weight excluding hydrogens is 838 g/mol. The molecule has 14 nitrogen and oxygen atoms in total. The number of aliphatic hydroxyl groups excluding tert-OH is 2. The van der Waals surface area contributed by atoms with E-state index in [0.717, 1.165) is 77.0 Å². The molecule has 0 fully saturated rings. The maximum atomic E-state index is 12.7. The van der Waals surface area contributed by atoms with Gasteiger partial charge in [0.05, 0.1) is 25.9 Å². The summed E-state index contributed by atoms with van der Waals surface area (Å²) in [7, 11) is -9.76. The summed E-state index contributed by atoms with van der Waals surface area (Å²) in [5.74, 6) is -1.34. The molecule has 0 amide bonds. The fraction of sp³-hybridized carbons (Fsp3) is 0.609. The number of phosphoric ester groups is 2. The molecule has 0 bridgehead atoms. The Morgan fingerprint density at radius 1 is 0.548 bits per heavy atom. The third kappa shape index (κ3) is 43.6. The number of hydrogen-bond donors (Lipinski definition) is 5. The normalized spacial score (nSPS) is 15.4. The first-order valence-corrected chi connectivity index (χ1v) is 25.1. The Bertz CT molecular complexity index is 1480. The van der Waals surface area contributed by atoms with Crippen LogP contribution in [0, 0.1) is 0 Å². The Balaban J connectivity index is 4.77. The van der Waals surface area contributed by atoms with Crippen LogP contribution in [0.15, 0.2) is 97.2 Å². The molecule has 0 aliphatic rings. The smallest absolute Gasteiger partial charge is 0.462 e. The Hall–Kier alpha value is -3.00. The van der Waals surface area contributed by atoms with Crippen molar-refractivity contribution in [1.29, 1.82) is 0 Å². The van der Waals surface area contributed by atoms with Gasteiger partial charge in [0.15, 0.2) is 6.10 Å². The number of unbranched alkanes of at least 4 members (excludes halogenated alkanes) is 8. The minimum Gasteiger partial charge on any atom is -0.462 e. The van der Waals surface area contributed by atoms with Crippen molar-refractivity contribution >= 4 is 27.6 Å². The van der Waals surface area contributed by atoms with E-state index in [1.165, 1.54) is 19.3 Å². The van der Waals surface area contributed by atoms with Crippen LogP contribution in [0.25, 0.3) is 0 Å². The molecule has 0 aromatic carbocycles. The lowest BCUT2D eigenvalue weighted by Gasteiger charge is -2.20. The van der Waals surface area contributed by atoms with E-state index < -0.39 is 72.3 Å². The van der Waals surface area contributed by atoms with Gasteiger partial charge in [-0.05, 0) is 77.0 Å². The second-order valence-electron chi connectivity index (χ2n) is 14.4. The summed E-state index contributed by atoms with van der Waals surface area (Å²) in [5, 5.41) is 20.0. The molecule has 62 heavy (non-hydrogen) atoms. The van der Waals surface area contributed by atoms with Crippen LogP contribution in [0.4, 0.5) is 0 Å². The minimum atomic E-state index is -4.89. The topological polar surface area (TPSA) is 216 Å². The standard InChI is InChI=1S/C46H76O14P2/c1-3-5-7-9-11-13-15-17-19-21-22-24-26-28-30-32-34-42(47)36-37-45(49)56-40-44(41-59-62(54,55)58-39-43(48)38-57-61(51,52)53)60-46(50)35-33-31-29-27-25-23-20-18-16-14-12-10-8-6-4-2/h5,7,11-14,17-20,22,24,28,30,32,34,42-44,47-48H,3-4,6,8-10,15-16,21,23,25-27,29,31,33,35-41H2,1-2H3,(H,54,55)(H2,51,52,53)/b7-5-,13-11-,14-12-,19-17-,20-18-,24-22-,30-28-,34-32-/t42?,43-,44+/m0/s1. The predicted molar refractivity (Wildman–Crippen MR) is 245 cm³/mol. The molecular formula is C46H76O14P2. The molecule has 0 saturated carbocycles. The van der Waals surface area contributed by atoms with Gasteiger partial charge in [-0.1, -0.05) is 143 Å². The molecule has 354 valence electrons. The van der Waals surface area contributed by atoms with E-state index in [1.54, 1.807) is 18.2 Å². The number of carbonyl (C=O) groups is 2. The van der Waals surface area contributed by atoms with Gasteiger partial charge in [-0.15, -0.1) is 0 Å². The first kappa shape index (κ1) is 59.0. The maximum absolute atomic E-state index is 12.7. The third-order valence-corrected chi connectivity index (χ3v) is 10.0. The van der Waals surface area contributed by atoms with Crippen LogP contribution in [-0.2, 0) is 41.8 Å². The van der Waals surface area contributed by atoms with Crippen molar-refractivity contribution in [3.8, 4) is 0 Å². The SMILES string of the molecule is CC/C=C\C/C=C\C/C=C\C/C=C\C/C=C\C=C/C(O)CCC(=O)OC[C@H](COP(=O)(O)OC[C@@H](O)COP(=O)(O)O)OC(=O)CCCCCCC/C=C\C/C=C\CCCCC. The molecule has 16 heteroatoms. The summed E-state index contributed by atoms with van der Waals surface area (Å²) in [6, 6.07) is 0. The molecule has 0 saturated heterocycles. The largest absolute Gasteiger partial charge is 0.472 e. The molecule has 0 radical (unpaired) electrons. The number of aliphatic hydroxyl groups is 2. The zero-order valence-electron chi connectivity index (χ0n) is 37.0. The van der Waals surface area contributed by atoms with Crippen LogP contribution in [0.3, 0.4) is 0 Å². The first-order valence-electron chi connectivity index (χ1n) is 22.0. The average Bonchev–Trinajstić information content (AvgIpc) is 3.23. The van der Waals surface area contributed by atoms with Crippen LogP contribution in [0.1, 0.15) is 136 Å². The van der Waals surface area contributed by atoms with E-state index in [4.69, 9.17) is 23.8 Å². The van der Waals surface area contributed by atoms with Gasteiger partial charge in [0.25, 0.3) is 0 Å². The van der Waals surface area contributed by atoms with E-state index in [2.05, 4.69) is 89.7 Å². The number of esters is 2. The molecule has 4 atom stereocenters. The highest BCUT2D eigenvalue weighted by Gasteiger charge is 2.28. The summed E-state index contributed by atoms with van der Waals surface area (Å²) in [6.45, 7) is 1.31. The lowest BCUT2D eigenvalue weighted by molar-refractivity contribution is -0.161. The Kier molecular flexibility index (Phi) is 38.8. The zero-order chi connectivity index (χ0) is 46.0. The van der Waals surface area contributed by atoms with E-state index in [0.29, 0.717) is 6.42 Å². The van der Waals surface area contributed by atoms with Gasteiger partial charge in [0, 0.05) is 12.8 Å². The van der Waals surface area contributed by atoms with Crippen LogP contribution in [0.5, 0.6) is 0 Å². The molecule has 0 aromatic heterocycles. The highest BCUT2D eigenvalue weighted by molar-refractivity contribution is 7.47. The van der Waals surface area contributed by atoms with E-state index in [9.17, 15) is 33.8 Å². The van der Waals surface area contributed by atoms with Gasteiger partial charge in [0.2, 0.25) is 0 Å². The summed E-state index contributed by atoms with van der Waals surface area (Å²) >= 11 is 0. The van der Waals surface area contributed by atoms with Gasteiger partial charge in [-0.25, -0.2) is 9.13 Å². The van der Waals surface area contributed by atoms with Crippen LogP contribution >= 0.6 is 15.6 Å². The van der Waals surface area contributed by atoms with Crippen molar-refractivity contribution < 1.29 is 66.7 Å². The molecule has 2 unspecified atom stereocenters. The Morgan fingerprint density at radius 3 is 1.66 bits per heavy atom. The van der Waals surface area contributed by atoms with Gasteiger partial charge in [0.1, 0.15) is 12.7 Å². The summed E-state index contributed by atoms with van der Waals surface area (Å²) in [4.78, 5) is 52.7. The van der Waals surface area contributed by atoms with E-state index in [-0.39, 0.29) is 19.3 Å². The van der Waals surface area contributed by atoms with Crippen molar-refractivity contribution in [3.05, 3.63) is 97.2 Å². The van der Waals surface area contributed by atoms with Crippen LogP contribution in [-0.4, -0.2) is 81.6 Å². The number of rotatable bonds is 40. The van der Waals surface area contributed by atoms with Crippen molar-refractivity contribution in [2.24, 2.45) is 0 Å². The van der Waals surface area contributed by atoms with Crippen LogP contribution in [0.2, 0.25) is 0 Å². The molecule has 0 heterocycles. The highest BCUT2D eigenvalue weighted by Crippen LogP contribution is 2.43. The number of hydrogen-bond acceptors (Lipinski definition) is 11. The molecule has 0 spiro atoms. The van der Waals surface area contributed by atoms with Gasteiger partial charge in [-0.3, -0.25) is 23.2 Å². The number of allylic oxidation sites excluding steroid dienone is 15. The van der Waals surface area contributed by atoms with Crippen molar-refractivity contribution in [1.82, 2.24) is 0 Å². The maximum Gasteiger partial charge on any atom is 0.472 e. The van der Waals surface area contributed by atoms with Gasteiger partial charge >= 0.3 is 27.6 Å². The molecule has 0 rings (SSSR count). The Morgan fingerprint density at radius 2 is 1.06 bits per heavy atom. The molecule has 0 aromatic rings. The number of carbonyl (C=O) groups excluding carboxylic acids is 2. The lowest BCUT2D eigenvalue weighted by Crippen LogP contribution is -2.30. The lowest BCUT2D eigenvalue weighted by atomic mass is 10.1. The average molecular weight is 915 g/mol. The Labute approximate surface area is 371 Å². The van der Waals surface area contributed by atoms with Crippen molar-refractivity contribution in [2.75, 3.05) is 26.4 Å². The quantitative estimate of drug-likeness (QED) is 0.0127. The second kappa shape index (κ2) is 40.8. The minimum absolute atomic E-state index is 0.0571. The number of ether oxygens (including phenoxy) is 2. The predicted octanol–water partition coefficient (Wildman–Crippen LogP) is 10.3. The molecule has 5 N–H and O–H groups in total. The molecule has 0 aliphatic carbocycles. The fourth-order valence-corrected chi connectivity index (χ4v) is 6.35. The van der Waals surface area contributed by atoms with Crippen molar-refractivity contribution in [3.63, 3.8) is 0 Å². The van der Waals surface area contributed by atoms with Gasteiger partial charge in [-0.2, -0.15) is 0 Å². The summed E-state index contributed by atoms with van der Waals surface area (Å²) in [5.41, 5.74) is 0.